The molecule has 0 aromatic carbocycles. The van der Waals surface area contributed by atoms with E-state index < -0.39 is 43.9 Å². The number of methoxy groups -OCH3 is 1. The van der Waals surface area contributed by atoms with Gasteiger partial charge in [0.25, 0.3) is 5.91 Å². The fourth-order valence-electron chi connectivity index (χ4n) is 1.78. The van der Waals surface area contributed by atoms with Gasteiger partial charge >= 0.3 is 7.60 Å². The fourth-order valence-corrected chi connectivity index (χ4v) is 2.23. The first-order valence-corrected chi connectivity index (χ1v) is 7.34. The standard InChI is InChI=1S/C9H18NO8P/c1-5-6(11)3-7(12)9(17-2,18-5)10-8(13)4-19(14,15)16/h5-7,11-12H,3-4H2,1-2H3,(H,10,13)(H2,14,15,16)/t5-,6+,7+,9-/m1/s1. The van der Waals surface area contributed by atoms with Crippen molar-refractivity contribution < 1.29 is 38.8 Å². The maximum Gasteiger partial charge on any atom is 0.334 e. The van der Waals surface area contributed by atoms with Gasteiger partial charge < -0.3 is 34.8 Å². The van der Waals surface area contributed by atoms with Gasteiger partial charge in [-0.2, -0.15) is 0 Å². The second-order valence-electron chi connectivity index (χ2n) is 4.38. The molecule has 10 heteroatoms. The molecule has 0 unspecified atom stereocenters. The Labute approximate surface area is 109 Å². The summed E-state index contributed by atoms with van der Waals surface area (Å²) in [5, 5.41) is 21.5. The van der Waals surface area contributed by atoms with Crippen LogP contribution in [0.15, 0.2) is 0 Å². The van der Waals surface area contributed by atoms with Crippen LogP contribution in [0.2, 0.25) is 0 Å². The lowest BCUT2D eigenvalue weighted by atomic mass is 10.0. The maximum absolute atomic E-state index is 11.5. The number of amides is 1. The van der Waals surface area contributed by atoms with E-state index in [9.17, 15) is 19.6 Å². The molecule has 1 aliphatic heterocycles. The largest absolute Gasteiger partial charge is 0.390 e. The fraction of sp³-hybridized carbons (Fsp3) is 0.889. The Hall–Kier alpha value is -0.540. The highest BCUT2D eigenvalue weighted by atomic mass is 31.2. The van der Waals surface area contributed by atoms with Crippen molar-refractivity contribution in [1.82, 2.24) is 5.32 Å². The number of aliphatic hydroxyl groups excluding tert-OH is 2. The summed E-state index contributed by atoms with van der Waals surface area (Å²) in [4.78, 5) is 28.9. The highest BCUT2D eigenvalue weighted by Crippen LogP contribution is 2.34. The number of carbonyl (C=O) groups excluding carboxylic acids is 1. The van der Waals surface area contributed by atoms with E-state index in [1.807, 2.05) is 0 Å². The van der Waals surface area contributed by atoms with Crippen molar-refractivity contribution in [2.45, 2.75) is 37.6 Å². The smallest absolute Gasteiger partial charge is 0.334 e. The van der Waals surface area contributed by atoms with Crippen LogP contribution in [0.25, 0.3) is 0 Å². The Bertz CT molecular complexity index is 384. The van der Waals surface area contributed by atoms with Crippen molar-refractivity contribution in [2.75, 3.05) is 13.3 Å². The van der Waals surface area contributed by atoms with Gasteiger partial charge in [0.15, 0.2) is 0 Å². The van der Waals surface area contributed by atoms with Crippen molar-refractivity contribution in [2.24, 2.45) is 0 Å². The van der Waals surface area contributed by atoms with E-state index in [4.69, 9.17) is 19.3 Å². The van der Waals surface area contributed by atoms with Gasteiger partial charge in [-0.05, 0) is 6.92 Å². The minimum Gasteiger partial charge on any atom is -0.390 e. The Morgan fingerprint density at radius 2 is 2.11 bits per heavy atom. The molecule has 1 amide bonds. The summed E-state index contributed by atoms with van der Waals surface area (Å²) in [6.07, 6.45) is -4.18. The van der Waals surface area contributed by atoms with E-state index in [-0.39, 0.29) is 6.42 Å². The molecule has 0 aliphatic carbocycles. The lowest BCUT2D eigenvalue weighted by Crippen LogP contribution is -2.66. The summed E-state index contributed by atoms with van der Waals surface area (Å²) in [6, 6.07) is 0. The third kappa shape index (κ3) is 4.22. The van der Waals surface area contributed by atoms with Gasteiger partial charge in [-0.15, -0.1) is 0 Å². The first kappa shape index (κ1) is 16.5. The predicted molar refractivity (Wildman–Crippen MR) is 62.0 cm³/mol. The molecule has 0 saturated carbocycles. The number of hydrogen-bond acceptors (Lipinski definition) is 6. The topological polar surface area (TPSA) is 146 Å². The molecule has 0 aromatic heterocycles. The van der Waals surface area contributed by atoms with Gasteiger partial charge in [-0.1, -0.05) is 0 Å². The molecule has 112 valence electrons. The van der Waals surface area contributed by atoms with Crippen LogP contribution in [-0.2, 0) is 18.8 Å². The molecule has 9 nitrogen and oxygen atoms in total. The summed E-state index contributed by atoms with van der Waals surface area (Å²) in [5.41, 5.74) is 0. The Kier molecular flexibility index (Phi) is 5.08. The number of aliphatic hydroxyl groups is 2. The summed E-state index contributed by atoms with van der Waals surface area (Å²) >= 11 is 0. The molecule has 0 radical (unpaired) electrons. The number of carbonyl (C=O) groups is 1. The first-order valence-electron chi connectivity index (χ1n) is 5.54. The lowest BCUT2D eigenvalue weighted by Gasteiger charge is -2.44. The van der Waals surface area contributed by atoms with Crippen LogP contribution in [0.4, 0.5) is 0 Å². The van der Waals surface area contributed by atoms with E-state index in [0.717, 1.165) is 7.11 Å². The molecule has 19 heavy (non-hydrogen) atoms. The van der Waals surface area contributed by atoms with Crippen molar-refractivity contribution in [1.29, 1.82) is 0 Å². The first-order chi connectivity index (χ1) is 8.59. The zero-order valence-electron chi connectivity index (χ0n) is 10.5. The molecule has 1 saturated heterocycles. The molecule has 1 aliphatic rings. The Morgan fingerprint density at radius 3 is 2.58 bits per heavy atom. The van der Waals surface area contributed by atoms with Gasteiger partial charge in [-0.3, -0.25) is 9.36 Å². The average Bonchev–Trinajstić information content (AvgIpc) is 2.23. The summed E-state index contributed by atoms with van der Waals surface area (Å²) in [5.74, 6) is -2.96. The van der Waals surface area contributed by atoms with Gasteiger partial charge in [0, 0.05) is 13.5 Å². The molecule has 1 rings (SSSR count). The molecule has 4 atom stereocenters. The van der Waals surface area contributed by atoms with E-state index in [1.165, 1.54) is 6.92 Å². The molecule has 1 heterocycles. The van der Waals surface area contributed by atoms with Crippen LogP contribution >= 0.6 is 7.60 Å². The zero-order valence-corrected chi connectivity index (χ0v) is 11.4. The third-order valence-electron chi connectivity index (χ3n) is 2.77. The molecule has 5 N–H and O–H groups in total. The second kappa shape index (κ2) is 5.84. The molecule has 0 bridgehead atoms. The monoisotopic (exact) mass is 299 g/mol. The Balaban J connectivity index is 2.80. The molecule has 0 aromatic rings. The minimum absolute atomic E-state index is 0.106. The summed E-state index contributed by atoms with van der Waals surface area (Å²) < 4.78 is 20.9. The van der Waals surface area contributed by atoms with Crippen LogP contribution in [0.3, 0.4) is 0 Å². The third-order valence-corrected chi connectivity index (χ3v) is 3.47. The van der Waals surface area contributed by atoms with Gasteiger partial charge in [0.2, 0.25) is 5.91 Å². The molecular weight excluding hydrogens is 281 g/mol. The average molecular weight is 299 g/mol. The molecular formula is C9H18NO8P. The maximum atomic E-state index is 11.5. The zero-order chi connectivity index (χ0) is 14.8. The van der Waals surface area contributed by atoms with Crippen LogP contribution < -0.4 is 5.32 Å². The van der Waals surface area contributed by atoms with Crippen LogP contribution in [0.5, 0.6) is 0 Å². The van der Waals surface area contributed by atoms with Crippen LogP contribution in [0.1, 0.15) is 13.3 Å². The van der Waals surface area contributed by atoms with E-state index in [0.29, 0.717) is 0 Å². The van der Waals surface area contributed by atoms with Crippen LogP contribution in [-0.4, -0.2) is 63.4 Å². The highest BCUT2D eigenvalue weighted by molar-refractivity contribution is 7.52. The van der Waals surface area contributed by atoms with Gasteiger partial charge in [0.1, 0.15) is 12.3 Å². The molecule has 0 spiro atoms. The second-order valence-corrected chi connectivity index (χ2v) is 6.03. The lowest BCUT2D eigenvalue weighted by molar-refractivity contribution is -0.337. The van der Waals surface area contributed by atoms with Crippen LogP contribution in [0, 0.1) is 0 Å². The summed E-state index contributed by atoms with van der Waals surface area (Å²) in [6.45, 7) is 1.51. The minimum atomic E-state index is -4.53. The molecule has 1 fully saturated rings. The highest BCUT2D eigenvalue weighted by Gasteiger charge is 2.49. The van der Waals surface area contributed by atoms with Crippen molar-refractivity contribution in [3.8, 4) is 0 Å². The number of nitrogens with one attached hydrogen (secondary N) is 1. The number of rotatable bonds is 4. The summed E-state index contributed by atoms with van der Waals surface area (Å²) in [7, 11) is -3.37. The van der Waals surface area contributed by atoms with Gasteiger partial charge in [-0.25, -0.2) is 0 Å². The van der Waals surface area contributed by atoms with E-state index in [2.05, 4.69) is 5.32 Å². The van der Waals surface area contributed by atoms with Crippen molar-refractivity contribution in [3.05, 3.63) is 0 Å². The van der Waals surface area contributed by atoms with E-state index in [1.54, 1.807) is 0 Å². The van der Waals surface area contributed by atoms with Gasteiger partial charge in [0.05, 0.1) is 12.2 Å². The van der Waals surface area contributed by atoms with E-state index >= 15 is 0 Å². The number of ether oxygens (including phenoxy) is 2. The predicted octanol–water partition coefficient (Wildman–Crippen LogP) is -1.89. The van der Waals surface area contributed by atoms with Crippen molar-refractivity contribution >= 4 is 13.5 Å². The van der Waals surface area contributed by atoms with Crippen molar-refractivity contribution in [3.63, 3.8) is 0 Å². The number of hydrogen-bond donors (Lipinski definition) is 5. The Morgan fingerprint density at radius 1 is 1.53 bits per heavy atom. The normalized spacial score (nSPS) is 36.0. The quantitative estimate of drug-likeness (QED) is 0.299. The SMILES string of the molecule is CO[C@@]1(NC(=O)CP(=O)(O)O)O[C@H](C)[C@@H](O)C[C@@H]1O.